The van der Waals surface area contributed by atoms with Crippen molar-refractivity contribution in [2.75, 3.05) is 30.0 Å². The number of anilines is 2. The van der Waals surface area contributed by atoms with E-state index < -0.39 is 0 Å². The number of ether oxygens (including phenoxy) is 1. The lowest BCUT2D eigenvalue weighted by atomic mass is 10.1. The zero-order valence-corrected chi connectivity index (χ0v) is 9.73. The van der Waals surface area contributed by atoms with Crippen LogP contribution in [0.4, 0.5) is 11.6 Å². The van der Waals surface area contributed by atoms with E-state index in [1.54, 1.807) is 0 Å². The maximum atomic E-state index is 5.66. The van der Waals surface area contributed by atoms with Crippen molar-refractivity contribution >= 4 is 11.6 Å². The molecule has 5 heteroatoms. The molecule has 5 nitrogen and oxygen atoms in total. The molecule has 0 aliphatic carbocycles. The molecule has 0 unspecified atom stereocenters. The van der Waals surface area contributed by atoms with Gasteiger partial charge in [-0.2, -0.15) is 0 Å². The average molecular weight is 222 g/mol. The van der Waals surface area contributed by atoms with Crippen LogP contribution in [0.5, 0.6) is 0 Å². The van der Waals surface area contributed by atoms with Gasteiger partial charge in [0.25, 0.3) is 0 Å². The highest BCUT2D eigenvalue weighted by atomic mass is 16.5. The summed E-state index contributed by atoms with van der Waals surface area (Å²) in [5.74, 6) is 6.96. The van der Waals surface area contributed by atoms with Gasteiger partial charge in [0, 0.05) is 13.1 Å². The van der Waals surface area contributed by atoms with Crippen LogP contribution in [-0.4, -0.2) is 30.3 Å². The molecule has 1 fully saturated rings. The van der Waals surface area contributed by atoms with Crippen molar-refractivity contribution in [1.82, 2.24) is 4.98 Å². The first-order chi connectivity index (χ1) is 7.61. The maximum Gasteiger partial charge on any atom is 0.142 e. The second kappa shape index (κ2) is 4.27. The molecule has 88 valence electrons. The number of nitrogens with one attached hydrogen (secondary N) is 1. The van der Waals surface area contributed by atoms with Gasteiger partial charge in [-0.05, 0) is 26.0 Å². The van der Waals surface area contributed by atoms with E-state index in [9.17, 15) is 0 Å². The van der Waals surface area contributed by atoms with Crippen molar-refractivity contribution in [3.05, 3.63) is 18.2 Å². The van der Waals surface area contributed by atoms with E-state index in [1.807, 2.05) is 18.2 Å². The number of rotatable bonds is 2. The summed E-state index contributed by atoms with van der Waals surface area (Å²) < 4.78 is 5.66. The highest BCUT2D eigenvalue weighted by Crippen LogP contribution is 2.22. The second-order valence-corrected chi connectivity index (χ2v) is 4.56. The van der Waals surface area contributed by atoms with E-state index in [0.717, 1.165) is 25.5 Å². The number of aromatic nitrogens is 1. The number of nitrogens with two attached hydrogens (primary N) is 1. The van der Waals surface area contributed by atoms with Gasteiger partial charge in [0.1, 0.15) is 11.6 Å². The summed E-state index contributed by atoms with van der Waals surface area (Å²) >= 11 is 0. The van der Waals surface area contributed by atoms with Crippen LogP contribution in [0, 0.1) is 0 Å². The van der Waals surface area contributed by atoms with Crippen LogP contribution in [-0.2, 0) is 4.74 Å². The number of nitrogens with zero attached hydrogens (tertiary/aromatic N) is 2. The van der Waals surface area contributed by atoms with Gasteiger partial charge in [-0.3, -0.25) is 0 Å². The zero-order chi connectivity index (χ0) is 11.6. The fourth-order valence-corrected chi connectivity index (χ4v) is 1.89. The van der Waals surface area contributed by atoms with Crippen molar-refractivity contribution < 1.29 is 4.74 Å². The Bertz CT molecular complexity index is 367. The Morgan fingerprint density at radius 3 is 3.00 bits per heavy atom. The summed E-state index contributed by atoms with van der Waals surface area (Å²) in [5, 5.41) is 0. The van der Waals surface area contributed by atoms with Crippen LogP contribution in [0.15, 0.2) is 18.2 Å². The predicted molar refractivity (Wildman–Crippen MR) is 64.3 cm³/mol. The first kappa shape index (κ1) is 11.2. The third kappa shape index (κ3) is 2.43. The van der Waals surface area contributed by atoms with Gasteiger partial charge in [0.05, 0.1) is 12.2 Å². The van der Waals surface area contributed by atoms with Crippen molar-refractivity contribution in [2.24, 2.45) is 5.84 Å². The lowest BCUT2D eigenvalue weighted by molar-refractivity contribution is -0.0279. The number of nitrogen functional groups attached to an aromatic ring is 1. The minimum absolute atomic E-state index is 0.119. The summed E-state index contributed by atoms with van der Waals surface area (Å²) in [6.07, 6.45) is 0. The maximum absolute atomic E-state index is 5.66. The van der Waals surface area contributed by atoms with Crippen molar-refractivity contribution in [1.29, 1.82) is 0 Å². The van der Waals surface area contributed by atoms with Crippen LogP contribution < -0.4 is 16.2 Å². The van der Waals surface area contributed by atoms with Gasteiger partial charge >= 0.3 is 0 Å². The molecule has 1 aliphatic heterocycles. The third-order valence-electron chi connectivity index (χ3n) is 2.63. The summed E-state index contributed by atoms with van der Waals surface area (Å²) in [5.41, 5.74) is 2.44. The van der Waals surface area contributed by atoms with Gasteiger partial charge in [0.15, 0.2) is 0 Å². The van der Waals surface area contributed by atoms with Crippen LogP contribution in [0.3, 0.4) is 0 Å². The summed E-state index contributed by atoms with van der Waals surface area (Å²) in [6, 6.07) is 5.78. The summed E-state index contributed by atoms with van der Waals surface area (Å²) in [6.45, 7) is 6.61. The SMILES string of the molecule is CC1(C)CN(c2cccc(NN)n2)CCO1. The molecule has 3 N–H and O–H groups in total. The highest BCUT2D eigenvalue weighted by Gasteiger charge is 2.27. The van der Waals surface area contributed by atoms with Crippen LogP contribution in [0.2, 0.25) is 0 Å². The molecular formula is C11H18N4O. The Labute approximate surface area is 95.6 Å². The fraction of sp³-hybridized carbons (Fsp3) is 0.545. The van der Waals surface area contributed by atoms with Gasteiger partial charge in [-0.1, -0.05) is 6.07 Å². The van der Waals surface area contributed by atoms with Crippen molar-refractivity contribution in [2.45, 2.75) is 19.4 Å². The van der Waals surface area contributed by atoms with Gasteiger partial charge in [-0.15, -0.1) is 0 Å². The topological polar surface area (TPSA) is 63.4 Å². The lowest BCUT2D eigenvalue weighted by Crippen LogP contribution is -2.48. The van der Waals surface area contributed by atoms with E-state index in [0.29, 0.717) is 5.82 Å². The summed E-state index contributed by atoms with van der Waals surface area (Å²) in [7, 11) is 0. The molecule has 0 bridgehead atoms. The van der Waals surface area contributed by atoms with Crippen LogP contribution in [0.1, 0.15) is 13.8 Å². The Kier molecular flexibility index (Phi) is 2.98. The molecule has 0 spiro atoms. The fourth-order valence-electron chi connectivity index (χ4n) is 1.89. The van der Waals surface area contributed by atoms with Crippen LogP contribution >= 0.6 is 0 Å². The minimum Gasteiger partial charge on any atom is -0.372 e. The van der Waals surface area contributed by atoms with Crippen LogP contribution in [0.25, 0.3) is 0 Å². The zero-order valence-electron chi connectivity index (χ0n) is 9.73. The van der Waals surface area contributed by atoms with E-state index in [-0.39, 0.29) is 5.60 Å². The molecule has 0 radical (unpaired) electrons. The lowest BCUT2D eigenvalue weighted by Gasteiger charge is -2.38. The predicted octanol–water partition coefficient (Wildman–Crippen LogP) is 0.982. The summed E-state index contributed by atoms with van der Waals surface area (Å²) in [4.78, 5) is 6.63. The Morgan fingerprint density at radius 2 is 2.31 bits per heavy atom. The smallest absolute Gasteiger partial charge is 0.142 e. The number of morpholine rings is 1. The first-order valence-corrected chi connectivity index (χ1v) is 5.43. The number of hydrogen-bond acceptors (Lipinski definition) is 5. The molecule has 2 heterocycles. The Morgan fingerprint density at radius 1 is 1.50 bits per heavy atom. The molecule has 1 aromatic heterocycles. The number of hydrazine groups is 1. The van der Waals surface area contributed by atoms with Gasteiger partial charge in [-0.25, -0.2) is 10.8 Å². The van der Waals surface area contributed by atoms with Crippen molar-refractivity contribution in [3.63, 3.8) is 0 Å². The molecule has 0 aromatic carbocycles. The largest absolute Gasteiger partial charge is 0.372 e. The van der Waals surface area contributed by atoms with E-state index in [2.05, 4.69) is 29.2 Å². The quantitative estimate of drug-likeness (QED) is 0.577. The Hall–Kier alpha value is -1.33. The molecule has 1 aliphatic rings. The molecular weight excluding hydrogens is 204 g/mol. The Balaban J connectivity index is 2.16. The molecule has 1 saturated heterocycles. The number of pyridine rings is 1. The first-order valence-electron chi connectivity index (χ1n) is 5.43. The van der Waals surface area contributed by atoms with E-state index in [1.165, 1.54) is 0 Å². The minimum atomic E-state index is -0.119. The molecule has 0 amide bonds. The second-order valence-electron chi connectivity index (χ2n) is 4.56. The van der Waals surface area contributed by atoms with E-state index >= 15 is 0 Å². The molecule has 0 atom stereocenters. The standard InChI is InChI=1S/C11H18N4O/c1-11(2)8-15(6-7-16-11)10-5-3-4-9(13-10)14-12/h3-5H,6-8,12H2,1-2H3,(H,13,14). The normalized spacial score (nSPS) is 19.6. The molecule has 0 saturated carbocycles. The van der Waals surface area contributed by atoms with Crippen molar-refractivity contribution in [3.8, 4) is 0 Å². The van der Waals surface area contributed by atoms with Gasteiger partial charge in [0.2, 0.25) is 0 Å². The third-order valence-corrected chi connectivity index (χ3v) is 2.63. The van der Waals surface area contributed by atoms with E-state index in [4.69, 9.17) is 10.6 Å². The molecule has 1 aromatic rings. The van der Waals surface area contributed by atoms with Gasteiger partial charge < -0.3 is 15.1 Å². The molecule has 16 heavy (non-hydrogen) atoms. The monoisotopic (exact) mass is 222 g/mol. The average Bonchev–Trinajstić information content (AvgIpc) is 2.28. The number of hydrogen-bond donors (Lipinski definition) is 2. The molecule has 2 rings (SSSR count). The highest BCUT2D eigenvalue weighted by molar-refractivity contribution is 5.47.